The Bertz CT molecular complexity index is 617. The first-order chi connectivity index (χ1) is 8.17. The van der Waals surface area contributed by atoms with Gasteiger partial charge < -0.3 is 5.32 Å². The van der Waals surface area contributed by atoms with Crippen molar-refractivity contribution in [2.24, 2.45) is 0 Å². The zero-order valence-corrected chi connectivity index (χ0v) is 9.09. The molecule has 86 valence electrons. The molecule has 0 aliphatic rings. The van der Waals surface area contributed by atoms with E-state index in [9.17, 15) is 8.78 Å². The van der Waals surface area contributed by atoms with E-state index < -0.39 is 11.6 Å². The van der Waals surface area contributed by atoms with E-state index >= 15 is 0 Å². The van der Waals surface area contributed by atoms with E-state index in [-0.39, 0.29) is 16.5 Å². The summed E-state index contributed by atoms with van der Waals surface area (Å²) in [6.07, 6.45) is 1.30. The van der Waals surface area contributed by atoms with Crippen molar-refractivity contribution in [1.82, 2.24) is 4.98 Å². The van der Waals surface area contributed by atoms with Crippen LogP contribution in [-0.4, -0.2) is 11.5 Å². The highest BCUT2D eigenvalue weighted by molar-refractivity contribution is 5.94. The SMILES string of the molecule is CCNc1c(C#N)cnc2cc(F)cc(F)c12. The molecule has 17 heavy (non-hydrogen) atoms. The minimum absolute atomic E-state index is 0.146. The van der Waals surface area contributed by atoms with Gasteiger partial charge in [-0.3, -0.25) is 4.98 Å². The quantitative estimate of drug-likeness (QED) is 0.867. The molecular weight excluding hydrogens is 224 g/mol. The summed E-state index contributed by atoms with van der Waals surface area (Å²) in [5, 5.41) is 12.0. The van der Waals surface area contributed by atoms with Gasteiger partial charge in [-0.25, -0.2) is 8.78 Å². The standard InChI is InChI=1S/C12H9F2N3/c1-2-16-12-7(5-15)6-17-10-4-8(13)3-9(14)11(10)12/h3-4,6H,2H2,1H3,(H,16,17). The average Bonchev–Trinajstić information content (AvgIpc) is 2.29. The van der Waals surface area contributed by atoms with Crippen molar-refractivity contribution in [2.45, 2.75) is 6.92 Å². The first-order valence-corrected chi connectivity index (χ1v) is 5.09. The lowest BCUT2D eigenvalue weighted by Gasteiger charge is -2.10. The Labute approximate surface area is 96.7 Å². The number of aromatic nitrogens is 1. The highest BCUT2D eigenvalue weighted by Gasteiger charge is 2.13. The number of pyridine rings is 1. The largest absolute Gasteiger partial charge is 0.384 e. The second-order valence-electron chi connectivity index (χ2n) is 3.47. The highest BCUT2D eigenvalue weighted by Crippen LogP contribution is 2.28. The van der Waals surface area contributed by atoms with Crippen LogP contribution in [0.4, 0.5) is 14.5 Å². The monoisotopic (exact) mass is 233 g/mol. The zero-order chi connectivity index (χ0) is 12.4. The number of benzene rings is 1. The Balaban J connectivity index is 2.85. The van der Waals surface area contributed by atoms with E-state index in [2.05, 4.69) is 10.3 Å². The molecule has 1 heterocycles. The van der Waals surface area contributed by atoms with E-state index in [4.69, 9.17) is 5.26 Å². The van der Waals surface area contributed by atoms with Gasteiger partial charge in [0.1, 0.15) is 17.7 Å². The average molecular weight is 233 g/mol. The molecule has 1 N–H and O–H groups in total. The second kappa shape index (κ2) is 4.34. The summed E-state index contributed by atoms with van der Waals surface area (Å²) >= 11 is 0. The van der Waals surface area contributed by atoms with Crippen molar-refractivity contribution in [3.63, 3.8) is 0 Å². The molecule has 0 aliphatic heterocycles. The van der Waals surface area contributed by atoms with E-state index in [1.807, 2.05) is 13.0 Å². The molecule has 0 saturated carbocycles. The van der Waals surface area contributed by atoms with E-state index in [1.54, 1.807) is 0 Å². The fourth-order valence-corrected chi connectivity index (χ4v) is 1.69. The summed E-state index contributed by atoms with van der Waals surface area (Å²) in [5.41, 5.74) is 0.791. The number of nitrogens with one attached hydrogen (secondary N) is 1. The van der Waals surface area contributed by atoms with Gasteiger partial charge in [0.2, 0.25) is 0 Å². The molecule has 0 fully saturated rings. The van der Waals surface area contributed by atoms with Crippen LogP contribution in [0.25, 0.3) is 10.9 Å². The molecule has 0 bridgehead atoms. The van der Waals surface area contributed by atoms with Gasteiger partial charge in [0.15, 0.2) is 0 Å². The van der Waals surface area contributed by atoms with Crippen LogP contribution in [0.15, 0.2) is 18.3 Å². The fourth-order valence-electron chi connectivity index (χ4n) is 1.69. The van der Waals surface area contributed by atoms with Crippen LogP contribution in [0.1, 0.15) is 12.5 Å². The van der Waals surface area contributed by atoms with Crippen LogP contribution < -0.4 is 5.32 Å². The molecule has 0 radical (unpaired) electrons. The summed E-state index contributed by atoms with van der Waals surface area (Å²) in [5.74, 6) is -1.41. The molecule has 0 aliphatic carbocycles. The van der Waals surface area contributed by atoms with Gasteiger partial charge in [0.05, 0.1) is 22.2 Å². The first kappa shape index (κ1) is 11.3. The molecule has 2 aromatic rings. The molecular formula is C12H9F2N3. The lowest BCUT2D eigenvalue weighted by Crippen LogP contribution is -2.02. The molecule has 0 amide bonds. The Morgan fingerprint density at radius 3 is 2.82 bits per heavy atom. The van der Waals surface area contributed by atoms with Gasteiger partial charge in [0.25, 0.3) is 0 Å². The van der Waals surface area contributed by atoms with Crippen molar-refractivity contribution >= 4 is 16.6 Å². The molecule has 2 rings (SSSR count). The zero-order valence-electron chi connectivity index (χ0n) is 9.09. The van der Waals surface area contributed by atoms with Crippen LogP contribution in [0, 0.1) is 23.0 Å². The molecule has 0 spiro atoms. The van der Waals surface area contributed by atoms with Crippen molar-refractivity contribution in [3.8, 4) is 6.07 Å². The number of halogens is 2. The molecule has 1 aromatic carbocycles. The van der Waals surface area contributed by atoms with Gasteiger partial charge in [-0.05, 0) is 6.92 Å². The Morgan fingerprint density at radius 1 is 1.41 bits per heavy atom. The normalized spacial score (nSPS) is 10.2. The summed E-state index contributed by atoms with van der Waals surface area (Å²) in [7, 11) is 0. The minimum Gasteiger partial charge on any atom is -0.384 e. The van der Waals surface area contributed by atoms with Crippen LogP contribution in [-0.2, 0) is 0 Å². The third-order valence-electron chi connectivity index (χ3n) is 2.36. The maximum atomic E-state index is 13.7. The first-order valence-electron chi connectivity index (χ1n) is 5.09. The third kappa shape index (κ3) is 1.89. The number of rotatable bonds is 2. The minimum atomic E-state index is -0.722. The molecule has 0 saturated heterocycles. The van der Waals surface area contributed by atoms with Gasteiger partial charge in [-0.1, -0.05) is 0 Å². The van der Waals surface area contributed by atoms with Crippen LogP contribution >= 0.6 is 0 Å². The summed E-state index contributed by atoms with van der Waals surface area (Å²) in [6.45, 7) is 2.36. The third-order valence-corrected chi connectivity index (χ3v) is 2.36. The molecule has 5 heteroatoms. The number of hydrogen-bond acceptors (Lipinski definition) is 3. The number of hydrogen-bond donors (Lipinski definition) is 1. The Morgan fingerprint density at radius 2 is 2.18 bits per heavy atom. The molecule has 0 unspecified atom stereocenters. The fraction of sp³-hybridized carbons (Fsp3) is 0.167. The molecule has 1 aromatic heterocycles. The van der Waals surface area contributed by atoms with Crippen LogP contribution in [0.2, 0.25) is 0 Å². The summed E-state index contributed by atoms with van der Waals surface area (Å²) in [6, 6.07) is 3.85. The van der Waals surface area contributed by atoms with E-state index in [1.165, 1.54) is 6.20 Å². The topological polar surface area (TPSA) is 48.7 Å². The summed E-state index contributed by atoms with van der Waals surface area (Å²) in [4.78, 5) is 3.87. The van der Waals surface area contributed by atoms with Crippen LogP contribution in [0.3, 0.4) is 0 Å². The molecule has 3 nitrogen and oxygen atoms in total. The lowest BCUT2D eigenvalue weighted by atomic mass is 10.1. The van der Waals surface area contributed by atoms with Crippen molar-refractivity contribution < 1.29 is 8.78 Å². The maximum Gasteiger partial charge on any atom is 0.137 e. The maximum absolute atomic E-state index is 13.7. The lowest BCUT2D eigenvalue weighted by molar-refractivity contribution is 0.591. The predicted molar refractivity (Wildman–Crippen MR) is 60.5 cm³/mol. The molecule has 0 atom stereocenters. The van der Waals surface area contributed by atoms with E-state index in [0.29, 0.717) is 12.2 Å². The number of nitriles is 1. The Kier molecular flexibility index (Phi) is 2.88. The predicted octanol–water partition coefficient (Wildman–Crippen LogP) is 2.82. The van der Waals surface area contributed by atoms with E-state index in [0.717, 1.165) is 12.1 Å². The van der Waals surface area contributed by atoms with Gasteiger partial charge >= 0.3 is 0 Å². The number of nitrogens with zero attached hydrogens (tertiary/aromatic N) is 2. The number of anilines is 1. The van der Waals surface area contributed by atoms with Gasteiger partial charge in [0, 0.05) is 24.9 Å². The van der Waals surface area contributed by atoms with Crippen molar-refractivity contribution in [3.05, 3.63) is 35.5 Å². The summed E-state index contributed by atoms with van der Waals surface area (Å²) < 4.78 is 26.7. The van der Waals surface area contributed by atoms with Gasteiger partial charge in [-0.2, -0.15) is 5.26 Å². The number of fused-ring (bicyclic) bond motifs is 1. The smallest absolute Gasteiger partial charge is 0.137 e. The van der Waals surface area contributed by atoms with Crippen molar-refractivity contribution in [2.75, 3.05) is 11.9 Å². The van der Waals surface area contributed by atoms with Crippen molar-refractivity contribution in [1.29, 1.82) is 5.26 Å². The second-order valence-corrected chi connectivity index (χ2v) is 3.47. The van der Waals surface area contributed by atoms with Gasteiger partial charge in [-0.15, -0.1) is 0 Å². The van der Waals surface area contributed by atoms with Crippen LogP contribution in [0.5, 0.6) is 0 Å². The Hall–Kier alpha value is -2.22. The highest BCUT2D eigenvalue weighted by atomic mass is 19.1.